The first-order valence-corrected chi connectivity index (χ1v) is 15.9. The summed E-state index contributed by atoms with van der Waals surface area (Å²) in [5, 5.41) is 11.6. The normalized spacial score (nSPS) is 18.1. The van der Waals surface area contributed by atoms with Crippen LogP contribution in [0.2, 0.25) is 0 Å². The van der Waals surface area contributed by atoms with Gasteiger partial charge in [-0.05, 0) is 50.3 Å². The van der Waals surface area contributed by atoms with E-state index in [1.54, 1.807) is 30.6 Å². The van der Waals surface area contributed by atoms with Gasteiger partial charge < -0.3 is 19.7 Å². The molecule has 45 heavy (non-hydrogen) atoms. The molecule has 6 rings (SSSR count). The molecule has 1 atom stereocenters. The van der Waals surface area contributed by atoms with E-state index in [1.807, 2.05) is 11.2 Å². The van der Waals surface area contributed by atoms with Crippen molar-refractivity contribution in [1.82, 2.24) is 34.2 Å². The molecule has 0 saturated carbocycles. The van der Waals surface area contributed by atoms with E-state index in [1.165, 1.54) is 39.4 Å². The van der Waals surface area contributed by atoms with Gasteiger partial charge in [-0.25, -0.2) is 9.50 Å². The van der Waals surface area contributed by atoms with Crippen molar-refractivity contribution < 1.29 is 27.8 Å². The van der Waals surface area contributed by atoms with Crippen LogP contribution in [0.25, 0.3) is 16.9 Å². The van der Waals surface area contributed by atoms with Crippen LogP contribution < -0.4 is 10.1 Å². The molecule has 2 amide bonds. The van der Waals surface area contributed by atoms with Gasteiger partial charge in [0.1, 0.15) is 23.6 Å². The highest BCUT2D eigenvalue weighted by Crippen LogP contribution is 2.38. The maximum absolute atomic E-state index is 13.4. The number of amides is 2. The number of alkyl halides is 2. The number of carbonyl (C=O) groups excluding carboxylic acids is 2. The molecule has 2 fully saturated rings. The number of ether oxygens (including phenoxy) is 2. The van der Waals surface area contributed by atoms with Crippen molar-refractivity contribution in [2.75, 3.05) is 44.4 Å². The quantitative estimate of drug-likeness (QED) is 0.272. The lowest BCUT2D eigenvalue weighted by atomic mass is 10.0. The molecule has 2 saturated heterocycles. The zero-order chi connectivity index (χ0) is 31.5. The lowest BCUT2D eigenvalue weighted by Gasteiger charge is -2.43. The Bertz CT molecular complexity index is 1670. The van der Waals surface area contributed by atoms with Gasteiger partial charge in [-0.1, -0.05) is 0 Å². The molecule has 15 heteroatoms. The van der Waals surface area contributed by atoms with Crippen LogP contribution in [-0.4, -0.2) is 104 Å². The third-order valence-electron chi connectivity index (χ3n) is 8.19. The summed E-state index contributed by atoms with van der Waals surface area (Å²) < 4.78 is 40.1. The number of fused-ring (bicyclic) bond motifs is 1. The van der Waals surface area contributed by atoms with Crippen molar-refractivity contribution in [3.8, 4) is 17.0 Å². The topological polar surface area (TPSA) is 119 Å². The van der Waals surface area contributed by atoms with E-state index in [4.69, 9.17) is 9.47 Å². The van der Waals surface area contributed by atoms with Crippen LogP contribution in [-0.2, 0) is 16.1 Å². The average Bonchev–Trinajstić information content (AvgIpc) is 3.65. The first kappa shape index (κ1) is 30.9. The van der Waals surface area contributed by atoms with E-state index in [9.17, 15) is 18.4 Å². The number of hydrogen-bond donors (Lipinski definition) is 1. The molecule has 0 aliphatic carbocycles. The number of aromatic nitrogens is 5. The molecule has 0 radical (unpaired) electrons. The van der Waals surface area contributed by atoms with Crippen molar-refractivity contribution in [2.24, 2.45) is 0 Å². The van der Waals surface area contributed by atoms with Gasteiger partial charge >= 0.3 is 6.61 Å². The highest BCUT2D eigenvalue weighted by Gasteiger charge is 2.31. The summed E-state index contributed by atoms with van der Waals surface area (Å²) in [6.07, 6.45) is 9.73. The van der Waals surface area contributed by atoms with Gasteiger partial charge in [-0.3, -0.25) is 19.2 Å². The van der Waals surface area contributed by atoms with Crippen molar-refractivity contribution in [2.45, 2.75) is 49.9 Å². The number of carbonyl (C=O) groups is 2. The van der Waals surface area contributed by atoms with Crippen LogP contribution in [0, 0.1) is 0 Å². The molecule has 0 unspecified atom stereocenters. The lowest BCUT2D eigenvalue weighted by Crippen LogP contribution is -2.53. The third-order valence-corrected chi connectivity index (χ3v) is 8.92. The molecule has 0 spiro atoms. The fourth-order valence-electron chi connectivity index (χ4n) is 5.96. The fourth-order valence-corrected chi connectivity index (χ4v) is 6.40. The van der Waals surface area contributed by atoms with Crippen LogP contribution in [0.3, 0.4) is 0 Å². The van der Waals surface area contributed by atoms with E-state index >= 15 is 0 Å². The summed E-state index contributed by atoms with van der Waals surface area (Å²) in [5.74, 6) is -0.747. The molecule has 1 aromatic carbocycles. The van der Waals surface area contributed by atoms with E-state index < -0.39 is 12.5 Å². The number of thioether (sulfide) groups is 1. The van der Waals surface area contributed by atoms with E-state index in [0.29, 0.717) is 30.8 Å². The Labute approximate surface area is 262 Å². The average molecular weight is 641 g/mol. The first-order chi connectivity index (χ1) is 21.8. The molecule has 4 aromatic rings. The molecular weight excluding hydrogens is 606 g/mol. The Hall–Kier alpha value is -4.08. The summed E-state index contributed by atoms with van der Waals surface area (Å²) in [6.45, 7) is 2.58. The monoisotopic (exact) mass is 640 g/mol. The molecular formula is C30H34F2N8O4S. The predicted molar refractivity (Wildman–Crippen MR) is 164 cm³/mol. The van der Waals surface area contributed by atoms with Gasteiger partial charge in [0, 0.05) is 60.8 Å². The second-order valence-corrected chi connectivity index (χ2v) is 11.9. The zero-order valence-electron chi connectivity index (χ0n) is 24.9. The molecule has 3 aromatic heterocycles. The SMILES string of the molecule is CSc1ccc(OC(F)F)c(-c2nn(CC(=O)N3CCC(N4CCOC[C@@H]4C)CC3)cc2NC(=O)c2cnn3cccnc23)c1. The van der Waals surface area contributed by atoms with Crippen molar-refractivity contribution in [3.63, 3.8) is 0 Å². The molecule has 2 aliphatic rings. The van der Waals surface area contributed by atoms with Gasteiger partial charge in [0.2, 0.25) is 5.91 Å². The number of anilines is 1. The number of likely N-dealkylation sites (tertiary alicyclic amines) is 1. The van der Waals surface area contributed by atoms with E-state index in [0.717, 1.165) is 37.5 Å². The van der Waals surface area contributed by atoms with Crippen LogP contribution in [0.1, 0.15) is 30.1 Å². The van der Waals surface area contributed by atoms with Crippen LogP contribution in [0.15, 0.2) is 53.9 Å². The second kappa shape index (κ2) is 13.5. The number of morpholine rings is 1. The largest absolute Gasteiger partial charge is 0.434 e. The summed E-state index contributed by atoms with van der Waals surface area (Å²) in [7, 11) is 0. The Morgan fingerprint density at radius 2 is 2.04 bits per heavy atom. The number of halogens is 2. The van der Waals surface area contributed by atoms with Crippen LogP contribution >= 0.6 is 11.8 Å². The Morgan fingerprint density at radius 3 is 2.80 bits per heavy atom. The predicted octanol–water partition coefficient (Wildman–Crippen LogP) is 3.88. The Morgan fingerprint density at radius 1 is 1.22 bits per heavy atom. The highest BCUT2D eigenvalue weighted by atomic mass is 32.2. The van der Waals surface area contributed by atoms with Gasteiger partial charge in [0.05, 0.1) is 25.1 Å². The summed E-state index contributed by atoms with van der Waals surface area (Å²) in [6, 6.07) is 7.21. The molecule has 1 N–H and O–H groups in total. The highest BCUT2D eigenvalue weighted by molar-refractivity contribution is 7.98. The van der Waals surface area contributed by atoms with Crippen LogP contribution in [0.4, 0.5) is 14.5 Å². The molecule has 2 aliphatic heterocycles. The Kier molecular flexibility index (Phi) is 9.28. The maximum Gasteiger partial charge on any atom is 0.387 e. The number of nitrogens with one attached hydrogen (secondary N) is 1. The second-order valence-electron chi connectivity index (χ2n) is 11.0. The maximum atomic E-state index is 13.4. The number of hydrogen-bond acceptors (Lipinski definition) is 9. The van der Waals surface area contributed by atoms with Gasteiger partial charge in [0.15, 0.2) is 5.65 Å². The number of piperidine rings is 1. The van der Waals surface area contributed by atoms with Gasteiger partial charge in [-0.15, -0.1) is 11.8 Å². The third kappa shape index (κ3) is 6.79. The van der Waals surface area contributed by atoms with Crippen molar-refractivity contribution in [3.05, 3.63) is 54.6 Å². The van der Waals surface area contributed by atoms with Crippen molar-refractivity contribution >= 4 is 34.9 Å². The van der Waals surface area contributed by atoms with Crippen LogP contribution in [0.5, 0.6) is 5.75 Å². The zero-order valence-corrected chi connectivity index (χ0v) is 25.8. The smallest absolute Gasteiger partial charge is 0.387 e. The molecule has 5 heterocycles. The summed E-state index contributed by atoms with van der Waals surface area (Å²) in [4.78, 5) is 36.2. The summed E-state index contributed by atoms with van der Waals surface area (Å²) >= 11 is 1.42. The lowest BCUT2D eigenvalue weighted by molar-refractivity contribution is -0.134. The molecule has 0 bridgehead atoms. The Balaban J connectivity index is 1.26. The molecule has 12 nitrogen and oxygen atoms in total. The van der Waals surface area contributed by atoms with Gasteiger partial charge in [-0.2, -0.15) is 19.0 Å². The standard InChI is InChI=1S/C30H34F2N8O4S/c1-19-18-43-13-12-39(19)20-6-10-37(11-7-20)26(41)17-38-16-24(35-29(42)23-15-34-40-9-3-8-33-28(23)40)27(36-38)22-14-21(45-2)4-5-25(22)44-30(31)32/h3-5,8-9,14-16,19-20,30H,6-7,10-13,17-18H2,1-2H3,(H,35,42)/t19-/m0/s1. The fraction of sp³-hybridized carbons (Fsp3) is 0.433. The first-order valence-electron chi connectivity index (χ1n) is 14.7. The summed E-state index contributed by atoms with van der Waals surface area (Å²) in [5.41, 5.74) is 1.22. The minimum atomic E-state index is -3.07. The minimum Gasteiger partial charge on any atom is -0.434 e. The molecule has 238 valence electrons. The number of benzene rings is 1. The van der Waals surface area contributed by atoms with E-state index in [2.05, 4.69) is 32.3 Å². The minimum absolute atomic E-state index is 0.0903. The van der Waals surface area contributed by atoms with E-state index in [-0.39, 0.29) is 40.7 Å². The van der Waals surface area contributed by atoms with Gasteiger partial charge in [0.25, 0.3) is 5.91 Å². The van der Waals surface area contributed by atoms with Crippen molar-refractivity contribution in [1.29, 1.82) is 0 Å². The number of rotatable bonds is 9. The number of nitrogens with zero attached hydrogens (tertiary/aromatic N) is 7.